The molecule has 6 heteroatoms. The van der Waals surface area contributed by atoms with Gasteiger partial charge in [0.05, 0.1) is 18.2 Å². The van der Waals surface area contributed by atoms with E-state index >= 15 is 0 Å². The number of esters is 1. The van der Waals surface area contributed by atoms with Gasteiger partial charge in [-0.05, 0) is 61.8 Å². The summed E-state index contributed by atoms with van der Waals surface area (Å²) in [5.41, 5.74) is 9.06. The van der Waals surface area contributed by atoms with Crippen LogP contribution in [0.2, 0.25) is 0 Å². The second-order valence-corrected chi connectivity index (χ2v) is 9.62. The second-order valence-electron chi connectivity index (χ2n) is 7.37. The summed E-state index contributed by atoms with van der Waals surface area (Å²) in [4.78, 5) is 19.6. The number of fused-ring (bicyclic) bond motifs is 2. The zero-order chi connectivity index (χ0) is 19.6. The Morgan fingerprint density at radius 3 is 2.81 bits per heavy atom. The van der Waals surface area contributed by atoms with Gasteiger partial charge in [-0.15, -0.1) is 11.3 Å². The number of carbonyl (C=O) groups is 1. The van der Waals surface area contributed by atoms with Crippen LogP contribution in [-0.2, 0) is 21.5 Å². The Balaban J connectivity index is 2.06. The van der Waals surface area contributed by atoms with Gasteiger partial charge in [-0.3, -0.25) is 4.99 Å². The van der Waals surface area contributed by atoms with Crippen LogP contribution in [0.3, 0.4) is 0 Å². The maximum atomic E-state index is 12.0. The lowest BCUT2D eigenvalue weighted by molar-refractivity contribution is -0.135. The first-order valence-corrected chi connectivity index (χ1v) is 11.3. The van der Waals surface area contributed by atoms with Crippen molar-refractivity contribution in [2.75, 3.05) is 12.9 Å². The molecule has 0 radical (unpaired) electrons. The van der Waals surface area contributed by atoms with Crippen LogP contribution in [0.1, 0.15) is 55.4 Å². The van der Waals surface area contributed by atoms with Crippen LogP contribution in [0, 0.1) is 5.92 Å². The Morgan fingerprint density at radius 1 is 1.41 bits per heavy atom. The molecule has 0 saturated heterocycles. The minimum absolute atomic E-state index is 0.147. The highest BCUT2D eigenvalue weighted by atomic mass is 32.2. The average molecular weight is 405 g/mol. The van der Waals surface area contributed by atoms with Gasteiger partial charge in [-0.1, -0.05) is 31.7 Å². The van der Waals surface area contributed by atoms with Crippen LogP contribution in [0.4, 0.5) is 0 Å². The Labute approximate surface area is 170 Å². The molecule has 4 nitrogen and oxygen atoms in total. The van der Waals surface area contributed by atoms with E-state index in [0.29, 0.717) is 16.7 Å². The number of ether oxygens (including phenoxy) is 1. The maximum absolute atomic E-state index is 12.0. The molecule has 2 heterocycles. The molecular formula is C21H28N2O2S2. The van der Waals surface area contributed by atoms with E-state index < -0.39 is 0 Å². The molecule has 0 saturated carbocycles. The minimum Gasteiger partial charge on any atom is -0.465 e. The third kappa shape index (κ3) is 4.02. The number of thiophene rings is 1. The molecule has 0 fully saturated rings. The predicted octanol–water partition coefficient (Wildman–Crippen LogP) is 4.89. The van der Waals surface area contributed by atoms with Gasteiger partial charge in [0.15, 0.2) is 5.17 Å². The number of rotatable bonds is 4. The average Bonchev–Trinajstić information content (AvgIpc) is 3.07. The number of aryl methyl sites for hydroxylation is 1. The number of hydrogen-bond donors (Lipinski definition) is 1. The quantitative estimate of drug-likeness (QED) is 0.441. The molecular weight excluding hydrogens is 376 g/mol. The molecule has 1 aliphatic carbocycles. The van der Waals surface area contributed by atoms with Gasteiger partial charge in [0, 0.05) is 15.5 Å². The van der Waals surface area contributed by atoms with Crippen LogP contribution in [0.15, 0.2) is 28.8 Å². The van der Waals surface area contributed by atoms with Gasteiger partial charge >= 0.3 is 5.97 Å². The summed E-state index contributed by atoms with van der Waals surface area (Å²) >= 11 is 3.50. The van der Waals surface area contributed by atoms with E-state index in [1.54, 1.807) is 11.8 Å². The molecule has 1 aromatic rings. The molecule has 146 valence electrons. The fraction of sp³-hybridized carbons (Fsp3) is 0.524. The first kappa shape index (κ1) is 20.2. The summed E-state index contributed by atoms with van der Waals surface area (Å²) in [6, 6.07) is 2.31. The molecule has 3 rings (SSSR count). The van der Waals surface area contributed by atoms with E-state index in [1.165, 1.54) is 28.0 Å². The largest absolute Gasteiger partial charge is 0.465 e. The van der Waals surface area contributed by atoms with Crippen LogP contribution in [0.25, 0.3) is 5.57 Å². The zero-order valence-corrected chi connectivity index (χ0v) is 18.1. The van der Waals surface area contributed by atoms with Crippen molar-refractivity contribution in [3.8, 4) is 0 Å². The highest BCUT2D eigenvalue weighted by Gasteiger charge is 2.40. The summed E-state index contributed by atoms with van der Waals surface area (Å²) in [6.07, 6.45) is 8.16. The highest BCUT2D eigenvalue weighted by molar-refractivity contribution is 8.13. The third-order valence-corrected chi connectivity index (χ3v) is 7.38. The minimum atomic E-state index is -0.296. The monoisotopic (exact) mass is 404 g/mol. The van der Waals surface area contributed by atoms with Crippen molar-refractivity contribution in [2.24, 2.45) is 16.6 Å². The topological polar surface area (TPSA) is 64.7 Å². The van der Waals surface area contributed by atoms with Crippen molar-refractivity contribution in [2.45, 2.75) is 52.0 Å². The van der Waals surface area contributed by atoms with Gasteiger partial charge in [-0.25, -0.2) is 4.79 Å². The molecule has 27 heavy (non-hydrogen) atoms. The molecule has 0 aromatic carbocycles. The molecule has 1 aliphatic heterocycles. The Hall–Kier alpha value is -1.53. The molecule has 2 N–H and O–H groups in total. The molecule has 1 atom stereocenters. The standard InChI is InChI=1S/C21H28N2O2S2/c1-5-14(19(24)25-4)11-15(13(2)3)18-12-16-17(27-18)7-6-8-21(16)9-10-26-20(22)23-21/h5,11-13H,6-10H2,1-4H3,(H2,22,23)/b14-5?,15-11+. The van der Waals surface area contributed by atoms with E-state index in [0.717, 1.165) is 31.4 Å². The summed E-state index contributed by atoms with van der Waals surface area (Å²) in [7, 11) is 1.42. The third-order valence-electron chi connectivity index (χ3n) is 5.34. The molecule has 2 aliphatic rings. The normalized spacial score (nSPS) is 23.4. The van der Waals surface area contributed by atoms with Crippen LogP contribution in [-0.4, -0.2) is 24.0 Å². The predicted molar refractivity (Wildman–Crippen MR) is 116 cm³/mol. The number of amidine groups is 1. The highest BCUT2D eigenvalue weighted by Crippen LogP contribution is 2.48. The van der Waals surface area contributed by atoms with Crippen molar-refractivity contribution in [1.82, 2.24) is 0 Å². The number of aliphatic imine (C=N–C) groups is 1. The number of hydrogen-bond acceptors (Lipinski definition) is 6. The van der Waals surface area contributed by atoms with Gasteiger partial charge in [-0.2, -0.15) is 0 Å². The summed E-state index contributed by atoms with van der Waals surface area (Å²) < 4.78 is 4.92. The van der Waals surface area contributed by atoms with Crippen molar-refractivity contribution in [1.29, 1.82) is 0 Å². The van der Waals surface area contributed by atoms with Crippen molar-refractivity contribution >= 4 is 39.8 Å². The van der Waals surface area contributed by atoms with Gasteiger partial charge < -0.3 is 10.5 Å². The number of thioether (sulfide) groups is 1. The van der Waals surface area contributed by atoms with E-state index in [-0.39, 0.29) is 11.5 Å². The lowest BCUT2D eigenvalue weighted by Crippen LogP contribution is -2.34. The van der Waals surface area contributed by atoms with Gasteiger partial charge in [0.25, 0.3) is 0 Å². The first-order valence-electron chi connectivity index (χ1n) is 9.48. The molecule has 1 aromatic heterocycles. The van der Waals surface area contributed by atoms with Gasteiger partial charge in [0.1, 0.15) is 0 Å². The number of nitrogens with zero attached hydrogens (tertiary/aromatic N) is 1. The number of methoxy groups -OCH3 is 1. The molecule has 0 amide bonds. The Morgan fingerprint density at radius 2 is 2.19 bits per heavy atom. The number of carbonyl (C=O) groups excluding carboxylic acids is 1. The summed E-state index contributed by atoms with van der Waals surface area (Å²) in [5.74, 6) is 1.03. The molecule has 1 unspecified atom stereocenters. The fourth-order valence-corrected chi connectivity index (χ4v) is 6.24. The van der Waals surface area contributed by atoms with Crippen LogP contribution >= 0.6 is 23.1 Å². The Kier molecular flexibility index (Phi) is 6.16. The number of nitrogens with two attached hydrogens (primary N) is 1. The second kappa shape index (κ2) is 8.23. The van der Waals surface area contributed by atoms with Crippen molar-refractivity contribution in [3.05, 3.63) is 39.1 Å². The van der Waals surface area contributed by atoms with Crippen molar-refractivity contribution < 1.29 is 9.53 Å². The van der Waals surface area contributed by atoms with E-state index in [4.69, 9.17) is 15.5 Å². The van der Waals surface area contributed by atoms with E-state index in [2.05, 4.69) is 19.9 Å². The summed E-state index contributed by atoms with van der Waals surface area (Å²) in [6.45, 7) is 6.20. The zero-order valence-electron chi connectivity index (χ0n) is 16.5. The summed E-state index contributed by atoms with van der Waals surface area (Å²) in [5, 5.41) is 0.711. The lowest BCUT2D eigenvalue weighted by atomic mass is 9.78. The fourth-order valence-electron chi connectivity index (χ4n) is 3.89. The number of allylic oxidation sites excluding steroid dienone is 2. The smallest absolute Gasteiger partial charge is 0.337 e. The van der Waals surface area contributed by atoms with Crippen LogP contribution in [0.5, 0.6) is 0 Å². The first-order chi connectivity index (χ1) is 12.9. The van der Waals surface area contributed by atoms with Crippen molar-refractivity contribution in [3.63, 3.8) is 0 Å². The maximum Gasteiger partial charge on any atom is 0.337 e. The Bertz CT molecular complexity index is 820. The molecule has 1 spiro atoms. The lowest BCUT2D eigenvalue weighted by Gasteiger charge is -2.36. The molecule has 0 bridgehead atoms. The van der Waals surface area contributed by atoms with E-state index in [1.807, 2.05) is 30.4 Å². The van der Waals surface area contributed by atoms with Crippen LogP contribution < -0.4 is 5.73 Å². The van der Waals surface area contributed by atoms with Gasteiger partial charge in [0.2, 0.25) is 0 Å². The SMILES string of the molecule is CC=C(/C=C(/c1cc2c(s1)CCCC21CCSC(N)=N1)C(C)C)C(=O)OC. The van der Waals surface area contributed by atoms with E-state index in [9.17, 15) is 4.79 Å².